The summed E-state index contributed by atoms with van der Waals surface area (Å²) in [5, 5.41) is 0. The van der Waals surface area contributed by atoms with Crippen molar-refractivity contribution in [3.8, 4) is 0 Å². The van der Waals surface area contributed by atoms with Gasteiger partial charge in [-0.05, 0) is 23.6 Å². The fourth-order valence-corrected chi connectivity index (χ4v) is 2.09. The highest BCUT2D eigenvalue weighted by molar-refractivity contribution is 5.51. The summed E-state index contributed by atoms with van der Waals surface area (Å²) in [4.78, 5) is 1.40. The van der Waals surface area contributed by atoms with Crippen molar-refractivity contribution in [1.29, 1.82) is 0 Å². The topological polar surface area (TPSA) is 29.3 Å². The first-order valence-corrected chi connectivity index (χ1v) is 5.11. The number of halogens is 3. The van der Waals surface area contributed by atoms with Crippen molar-refractivity contribution in [2.24, 2.45) is 0 Å². The highest BCUT2D eigenvalue weighted by Gasteiger charge is 2.32. The van der Waals surface area contributed by atoms with E-state index in [0.29, 0.717) is 25.2 Å². The standard InChI is InChI=1S/C11H13F3N2/c12-11(13,14)7-16-5-4-9-8(6-16)2-1-3-10(9)15/h1-3H,4-7,15H2. The first kappa shape index (κ1) is 11.3. The molecule has 1 aliphatic heterocycles. The first-order chi connectivity index (χ1) is 7.46. The maximum atomic E-state index is 12.2. The molecule has 0 bridgehead atoms. The molecule has 0 atom stereocenters. The number of nitrogen functional groups attached to an aromatic ring is 1. The van der Waals surface area contributed by atoms with Gasteiger partial charge >= 0.3 is 6.18 Å². The molecule has 0 radical (unpaired) electrons. The summed E-state index contributed by atoms with van der Waals surface area (Å²) in [6, 6.07) is 5.41. The average Bonchev–Trinajstić information content (AvgIpc) is 2.15. The minimum absolute atomic E-state index is 0.333. The second-order valence-corrected chi connectivity index (χ2v) is 4.06. The van der Waals surface area contributed by atoms with E-state index in [-0.39, 0.29) is 0 Å². The Bertz CT molecular complexity index is 387. The van der Waals surface area contributed by atoms with E-state index in [1.807, 2.05) is 6.07 Å². The summed E-state index contributed by atoms with van der Waals surface area (Å²) in [6.45, 7) is -0.0954. The molecule has 0 aromatic heterocycles. The van der Waals surface area contributed by atoms with Crippen LogP contribution in [0.3, 0.4) is 0 Å². The Balaban J connectivity index is 2.12. The fraction of sp³-hybridized carbons (Fsp3) is 0.455. The normalized spacial score (nSPS) is 17.2. The number of nitrogens with two attached hydrogens (primary N) is 1. The number of anilines is 1. The van der Waals surface area contributed by atoms with Crippen molar-refractivity contribution in [2.75, 3.05) is 18.8 Å². The number of alkyl halides is 3. The molecule has 1 heterocycles. The summed E-state index contributed by atoms with van der Waals surface area (Å²) in [7, 11) is 0. The summed E-state index contributed by atoms with van der Waals surface area (Å²) in [6.07, 6.45) is -3.53. The second kappa shape index (κ2) is 3.97. The molecule has 1 aliphatic rings. The molecular formula is C11H13F3N2. The van der Waals surface area contributed by atoms with Crippen LogP contribution in [0.1, 0.15) is 11.1 Å². The first-order valence-electron chi connectivity index (χ1n) is 5.11. The van der Waals surface area contributed by atoms with Crippen LogP contribution in [0.25, 0.3) is 0 Å². The monoisotopic (exact) mass is 230 g/mol. The van der Waals surface area contributed by atoms with Gasteiger partial charge in [0.05, 0.1) is 6.54 Å². The molecule has 0 fully saturated rings. The predicted octanol–water partition coefficient (Wildman–Crippen LogP) is 2.19. The van der Waals surface area contributed by atoms with Crippen molar-refractivity contribution in [1.82, 2.24) is 4.90 Å². The molecule has 2 rings (SSSR count). The minimum Gasteiger partial charge on any atom is -0.398 e. The van der Waals surface area contributed by atoms with Gasteiger partial charge in [-0.15, -0.1) is 0 Å². The lowest BCUT2D eigenvalue weighted by Crippen LogP contribution is -2.38. The Morgan fingerprint density at radius 3 is 2.75 bits per heavy atom. The zero-order chi connectivity index (χ0) is 11.8. The molecule has 0 unspecified atom stereocenters. The van der Waals surface area contributed by atoms with Crippen molar-refractivity contribution >= 4 is 5.69 Å². The SMILES string of the molecule is Nc1cccc2c1CCN(CC(F)(F)F)C2. The lowest BCUT2D eigenvalue weighted by molar-refractivity contribution is -0.147. The molecular weight excluding hydrogens is 217 g/mol. The molecule has 2 nitrogen and oxygen atoms in total. The molecule has 2 N–H and O–H groups in total. The smallest absolute Gasteiger partial charge is 0.398 e. The number of fused-ring (bicyclic) bond motifs is 1. The van der Waals surface area contributed by atoms with Gasteiger partial charge in [-0.3, -0.25) is 4.90 Å². The van der Waals surface area contributed by atoms with Crippen molar-refractivity contribution in [3.05, 3.63) is 29.3 Å². The highest BCUT2D eigenvalue weighted by atomic mass is 19.4. The summed E-state index contributed by atoms with van der Waals surface area (Å²) < 4.78 is 36.7. The maximum absolute atomic E-state index is 12.2. The van der Waals surface area contributed by atoms with Gasteiger partial charge in [-0.2, -0.15) is 13.2 Å². The van der Waals surface area contributed by atoms with Crippen LogP contribution >= 0.6 is 0 Å². The zero-order valence-corrected chi connectivity index (χ0v) is 8.72. The van der Waals surface area contributed by atoms with Crippen LogP contribution in [0.15, 0.2) is 18.2 Å². The van der Waals surface area contributed by atoms with Crippen molar-refractivity contribution in [2.45, 2.75) is 19.1 Å². The van der Waals surface area contributed by atoms with E-state index in [9.17, 15) is 13.2 Å². The van der Waals surface area contributed by atoms with Gasteiger partial charge in [-0.1, -0.05) is 12.1 Å². The van der Waals surface area contributed by atoms with Gasteiger partial charge in [0, 0.05) is 18.8 Å². The Kier molecular flexibility index (Phi) is 2.80. The predicted molar refractivity (Wildman–Crippen MR) is 55.9 cm³/mol. The summed E-state index contributed by atoms with van der Waals surface area (Å²) in [5.74, 6) is 0. The lowest BCUT2D eigenvalue weighted by Gasteiger charge is -2.29. The van der Waals surface area contributed by atoms with Gasteiger partial charge in [-0.25, -0.2) is 0 Å². The van der Waals surface area contributed by atoms with E-state index in [2.05, 4.69) is 0 Å². The van der Waals surface area contributed by atoms with Gasteiger partial charge in [0.25, 0.3) is 0 Å². The molecule has 0 amide bonds. The van der Waals surface area contributed by atoms with Crippen LogP contribution in [0.4, 0.5) is 18.9 Å². The molecule has 88 valence electrons. The van der Waals surface area contributed by atoms with Gasteiger partial charge in [0.15, 0.2) is 0 Å². The van der Waals surface area contributed by atoms with E-state index in [1.54, 1.807) is 12.1 Å². The Hall–Kier alpha value is -1.23. The number of hydrogen-bond acceptors (Lipinski definition) is 2. The third-order valence-corrected chi connectivity index (χ3v) is 2.78. The van der Waals surface area contributed by atoms with Crippen LogP contribution < -0.4 is 5.73 Å². The third kappa shape index (κ3) is 2.47. The zero-order valence-electron chi connectivity index (χ0n) is 8.72. The quantitative estimate of drug-likeness (QED) is 0.749. The Labute approximate surface area is 91.8 Å². The van der Waals surface area contributed by atoms with E-state index < -0.39 is 12.7 Å². The molecule has 0 aliphatic carbocycles. The van der Waals surface area contributed by atoms with Crippen molar-refractivity contribution < 1.29 is 13.2 Å². The van der Waals surface area contributed by atoms with Gasteiger partial charge < -0.3 is 5.73 Å². The summed E-state index contributed by atoms with van der Waals surface area (Å²) >= 11 is 0. The molecule has 5 heteroatoms. The van der Waals surface area contributed by atoms with E-state index >= 15 is 0 Å². The van der Waals surface area contributed by atoms with E-state index in [1.165, 1.54) is 4.90 Å². The second-order valence-electron chi connectivity index (χ2n) is 4.06. The van der Waals surface area contributed by atoms with Crippen LogP contribution in [0, 0.1) is 0 Å². The van der Waals surface area contributed by atoms with E-state index in [0.717, 1.165) is 11.1 Å². The molecule has 0 spiro atoms. The number of benzene rings is 1. The van der Waals surface area contributed by atoms with Crippen LogP contribution in [-0.2, 0) is 13.0 Å². The number of rotatable bonds is 1. The van der Waals surface area contributed by atoms with Crippen molar-refractivity contribution in [3.63, 3.8) is 0 Å². The van der Waals surface area contributed by atoms with E-state index in [4.69, 9.17) is 5.73 Å². The van der Waals surface area contributed by atoms with Crippen LogP contribution in [-0.4, -0.2) is 24.2 Å². The Morgan fingerprint density at radius 2 is 2.06 bits per heavy atom. The molecule has 0 saturated heterocycles. The molecule has 0 saturated carbocycles. The summed E-state index contributed by atoms with van der Waals surface area (Å²) in [5.41, 5.74) is 8.37. The number of nitrogens with zero attached hydrogens (tertiary/aromatic N) is 1. The lowest BCUT2D eigenvalue weighted by atomic mass is 9.98. The van der Waals surface area contributed by atoms with Gasteiger partial charge in [0.2, 0.25) is 0 Å². The fourth-order valence-electron chi connectivity index (χ4n) is 2.09. The molecule has 16 heavy (non-hydrogen) atoms. The maximum Gasteiger partial charge on any atom is 0.401 e. The average molecular weight is 230 g/mol. The Morgan fingerprint density at radius 1 is 1.31 bits per heavy atom. The van der Waals surface area contributed by atoms with Gasteiger partial charge in [0.1, 0.15) is 0 Å². The highest BCUT2D eigenvalue weighted by Crippen LogP contribution is 2.26. The van der Waals surface area contributed by atoms with Crippen LogP contribution in [0.5, 0.6) is 0 Å². The number of hydrogen-bond donors (Lipinski definition) is 1. The molecule has 1 aromatic carbocycles. The van der Waals surface area contributed by atoms with Crippen LogP contribution in [0.2, 0.25) is 0 Å². The molecule has 1 aromatic rings. The third-order valence-electron chi connectivity index (χ3n) is 2.78. The largest absolute Gasteiger partial charge is 0.401 e. The minimum atomic E-state index is -4.13.